The fraction of sp³-hybridized carbons (Fsp3) is 0.632. The molecule has 2 saturated carbocycles. The standard InChI is InChI=1S/C19H25N5O4S/c1-11(14-9-12-2-3-13(14)8-12)20-16(26)10-29-19-23-22-17(28-19)5-7-24-6-4-15(25)21-18(24)27/h4,6,11-14H,2-3,5,7-10H2,1H3,(H,20,26)(H,21,25,27). The number of rotatable bonds is 8. The van der Waals surface area contributed by atoms with Gasteiger partial charge in [0.2, 0.25) is 11.8 Å². The Bertz CT molecular complexity index is 983. The molecule has 2 bridgehead atoms. The lowest BCUT2D eigenvalue weighted by Gasteiger charge is -2.28. The van der Waals surface area contributed by atoms with Gasteiger partial charge >= 0.3 is 5.69 Å². The van der Waals surface area contributed by atoms with Crippen LogP contribution in [0.15, 0.2) is 31.5 Å². The van der Waals surface area contributed by atoms with Crippen molar-refractivity contribution in [3.05, 3.63) is 39.0 Å². The molecule has 0 aromatic carbocycles. The Balaban J connectivity index is 1.22. The average molecular weight is 420 g/mol. The number of amides is 1. The number of nitrogens with one attached hydrogen (secondary N) is 2. The number of aromatic nitrogens is 4. The third-order valence-corrected chi connectivity index (χ3v) is 6.88. The maximum absolute atomic E-state index is 12.3. The minimum absolute atomic E-state index is 0.0233. The number of fused-ring (bicyclic) bond motifs is 2. The fourth-order valence-corrected chi connectivity index (χ4v) is 5.26. The van der Waals surface area contributed by atoms with Crippen LogP contribution in [0.3, 0.4) is 0 Å². The summed E-state index contributed by atoms with van der Waals surface area (Å²) in [6.45, 7) is 2.42. The summed E-state index contributed by atoms with van der Waals surface area (Å²) in [6, 6.07) is 1.49. The van der Waals surface area contributed by atoms with E-state index in [1.54, 1.807) is 0 Å². The van der Waals surface area contributed by atoms with Crippen LogP contribution in [0, 0.1) is 17.8 Å². The first kappa shape index (κ1) is 19.9. The van der Waals surface area contributed by atoms with Crippen molar-refractivity contribution in [2.45, 2.75) is 56.8 Å². The molecule has 4 rings (SSSR count). The highest BCUT2D eigenvalue weighted by Crippen LogP contribution is 2.49. The van der Waals surface area contributed by atoms with E-state index in [0.717, 1.165) is 11.8 Å². The number of carbonyl (C=O) groups is 1. The van der Waals surface area contributed by atoms with Gasteiger partial charge in [-0.25, -0.2) is 4.79 Å². The molecular weight excluding hydrogens is 394 g/mol. The van der Waals surface area contributed by atoms with E-state index in [9.17, 15) is 14.4 Å². The molecule has 29 heavy (non-hydrogen) atoms. The number of H-pyrrole nitrogens is 1. The minimum Gasteiger partial charge on any atom is -0.416 e. The van der Waals surface area contributed by atoms with E-state index in [0.29, 0.717) is 30.0 Å². The van der Waals surface area contributed by atoms with E-state index in [1.807, 2.05) is 0 Å². The monoisotopic (exact) mass is 419 g/mol. The molecule has 0 aliphatic heterocycles. The van der Waals surface area contributed by atoms with Crippen LogP contribution in [0.1, 0.15) is 38.5 Å². The van der Waals surface area contributed by atoms with E-state index in [-0.39, 0.29) is 17.7 Å². The summed E-state index contributed by atoms with van der Waals surface area (Å²) in [7, 11) is 0. The van der Waals surface area contributed by atoms with Crippen molar-refractivity contribution in [2.75, 3.05) is 5.75 Å². The molecule has 4 atom stereocenters. The summed E-state index contributed by atoms with van der Waals surface area (Å²) in [5, 5.41) is 11.4. The lowest BCUT2D eigenvalue weighted by atomic mass is 9.84. The van der Waals surface area contributed by atoms with Gasteiger partial charge in [0.05, 0.1) is 5.75 Å². The van der Waals surface area contributed by atoms with E-state index in [2.05, 4.69) is 27.4 Å². The van der Waals surface area contributed by atoms with Crippen molar-refractivity contribution in [2.24, 2.45) is 17.8 Å². The first-order valence-electron chi connectivity index (χ1n) is 10.0. The van der Waals surface area contributed by atoms with Crippen molar-refractivity contribution < 1.29 is 9.21 Å². The van der Waals surface area contributed by atoms with Crippen molar-refractivity contribution in [3.63, 3.8) is 0 Å². The summed E-state index contributed by atoms with van der Waals surface area (Å²) in [5.74, 6) is 2.82. The van der Waals surface area contributed by atoms with Crippen LogP contribution in [0.5, 0.6) is 0 Å². The smallest absolute Gasteiger partial charge is 0.328 e. The molecule has 2 fully saturated rings. The molecule has 1 amide bonds. The van der Waals surface area contributed by atoms with Gasteiger partial charge in [-0.05, 0) is 43.9 Å². The number of nitrogens with zero attached hydrogens (tertiary/aromatic N) is 3. The van der Waals surface area contributed by atoms with E-state index in [4.69, 9.17) is 4.42 Å². The minimum atomic E-state index is -0.479. The van der Waals surface area contributed by atoms with Crippen LogP contribution in [0.2, 0.25) is 0 Å². The first-order valence-corrected chi connectivity index (χ1v) is 11.0. The zero-order valence-corrected chi connectivity index (χ0v) is 17.1. The lowest BCUT2D eigenvalue weighted by molar-refractivity contribution is -0.119. The molecule has 2 aliphatic rings. The Kier molecular flexibility index (Phi) is 5.89. The predicted octanol–water partition coefficient (Wildman–Crippen LogP) is 1.20. The summed E-state index contributed by atoms with van der Waals surface area (Å²) < 4.78 is 6.90. The van der Waals surface area contributed by atoms with Crippen LogP contribution < -0.4 is 16.6 Å². The Morgan fingerprint density at radius 1 is 1.38 bits per heavy atom. The van der Waals surface area contributed by atoms with Crippen molar-refractivity contribution in [1.82, 2.24) is 25.1 Å². The van der Waals surface area contributed by atoms with Crippen molar-refractivity contribution in [3.8, 4) is 0 Å². The van der Waals surface area contributed by atoms with Gasteiger partial charge in [-0.1, -0.05) is 18.2 Å². The SMILES string of the molecule is CC(NC(=O)CSc1nnc(CCn2ccc(=O)[nH]c2=O)o1)C1CC2CCC1C2. The van der Waals surface area contributed by atoms with E-state index in [1.165, 1.54) is 54.3 Å². The third kappa shape index (κ3) is 4.80. The first-order chi connectivity index (χ1) is 14.0. The quantitative estimate of drug-likeness (QED) is 0.616. The zero-order valence-electron chi connectivity index (χ0n) is 16.3. The second-order valence-electron chi connectivity index (χ2n) is 8.00. The molecule has 2 N–H and O–H groups in total. The van der Waals surface area contributed by atoms with Gasteiger partial charge in [0.15, 0.2) is 0 Å². The Morgan fingerprint density at radius 2 is 2.24 bits per heavy atom. The number of hydrogen-bond donors (Lipinski definition) is 2. The van der Waals surface area contributed by atoms with E-state index >= 15 is 0 Å². The fourth-order valence-electron chi connectivity index (χ4n) is 4.67. The topological polar surface area (TPSA) is 123 Å². The largest absolute Gasteiger partial charge is 0.416 e. The van der Waals surface area contributed by atoms with Crippen LogP contribution in [-0.4, -0.2) is 37.5 Å². The molecule has 2 aromatic rings. The maximum Gasteiger partial charge on any atom is 0.328 e. The Labute approximate surface area is 171 Å². The molecule has 2 aliphatic carbocycles. The van der Waals surface area contributed by atoms with Gasteiger partial charge in [0.1, 0.15) is 0 Å². The van der Waals surface area contributed by atoms with Crippen molar-refractivity contribution >= 4 is 17.7 Å². The summed E-state index contributed by atoms with van der Waals surface area (Å²) >= 11 is 1.21. The highest BCUT2D eigenvalue weighted by Gasteiger charge is 2.42. The molecule has 0 spiro atoms. The number of carbonyl (C=O) groups excluding carboxylic acids is 1. The van der Waals surface area contributed by atoms with Crippen LogP contribution >= 0.6 is 11.8 Å². The second-order valence-corrected chi connectivity index (χ2v) is 8.93. The Hall–Kier alpha value is -2.36. The van der Waals surface area contributed by atoms with Crippen LogP contribution in [0.25, 0.3) is 0 Å². The highest BCUT2D eigenvalue weighted by atomic mass is 32.2. The number of aromatic amines is 1. The molecular formula is C19H25N5O4S. The summed E-state index contributed by atoms with van der Waals surface area (Å²) in [4.78, 5) is 37.2. The molecule has 9 nitrogen and oxygen atoms in total. The van der Waals surface area contributed by atoms with Crippen LogP contribution in [-0.2, 0) is 17.8 Å². The molecule has 10 heteroatoms. The third-order valence-electron chi connectivity index (χ3n) is 6.06. The molecule has 2 aromatic heterocycles. The second kappa shape index (κ2) is 8.56. The predicted molar refractivity (Wildman–Crippen MR) is 107 cm³/mol. The summed E-state index contributed by atoms with van der Waals surface area (Å²) in [6.07, 6.45) is 7.01. The molecule has 0 radical (unpaired) electrons. The van der Waals surface area contributed by atoms with Crippen molar-refractivity contribution in [1.29, 1.82) is 0 Å². The van der Waals surface area contributed by atoms with Gasteiger partial charge in [-0.2, -0.15) is 0 Å². The van der Waals surface area contributed by atoms with Gasteiger partial charge in [0, 0.05) is 31.3 Å². The van der Waals surface area contributed by atoms with Gasteiger partial charge in [-0.3, -0.25) is 14.6 Å². The van der Waals surface area contributed by atoms with Gasteiger partial charge in [-0.15, -0.1) is 10.2 Å². The lowest BCUT2D eigenvalue weighted by Crippen LogP contribution is -2.40. The maximum atomic E-state index is 12.3. The molecule has 156 valence electrons. The normalized spacial score (nSPS) is 24.0. The number of thioether (sulfide) groups is 1. The summed E-state index contributed by atoms with van der Waals surface area (Å²) in [5.41, 5.74) is -0.913. The number of hydrogen-bond acceptors (Lipinski definition) is 7. The zero-order chi connectivity index (χ0) is 20.4. The molecule has 2 heterocycles. The van der Waals surface area contributed by atoms with Gasteiger partial charge in [0.25, 0.3) is 10.8 Å². The average Bonchev–Trinajstić information content (AvgIpc) is 3.42. The van der Waals surface area contributed by atoms with E-state index < -0.39 is 11.2 Å². The molecule has 0 saturated heterocycles. The number of aryl methyl sites for hydroxylation is 2. The Morgan fingerprint density at radius 3 is 2.97 bits per heavy atom. The highest BCUT2D eigenvalue weighted by molar-refractivity contribution is 7.99. The molecule has 4 unspecified atom stereocenters. The van der Waals surface area contributed by atoms with Crippen LogP contribution in [0.4, 0.5) is 0 Å². The van der Waals surface area contributed by atoms with Gasteiger partial charge < -0.3 is 14.3 Å².